The fourth-order valence-electron chi connectivity index (χ4n) is 2.77. The first-order chi connectivity index (χ1) is 11.8. The zero-order valence-electron chi connectivity index (χ0n) is 14.1. The van der Waals surface area contributed by atoms with Crippen molar-refractivity contribution < 1.29 is 14.2 Å². The molecule has 130 valence electrons. The van der Waals surface area contributed by atoms with Crippen LogP contribution in [0.5, 0.6) is 5.75 Å². The van der Waals surface area contributed by atoms with Crippen LogP contribution in [0.2, 0.25) is 0 Å². The summed E-state index contributed by atoms with van der Waals surface area (Å²) < 4.78 is 16.9. The van der Waals surface area contributed by atoms with Gasteiger partial charge in [0.1, 0.15) is 5.75 Å². The van der Waals surface area contributed by atoms with Gasteiger partial charge in [0.25, 0.3) is 0 Å². The monoisotopic (exact) mass is 347 g/mol. The van der Waals surface area contributed by atoms with E-state index < -0.39 is 0 Å². The number of benzene rings is 1. The van der Waals surface area contributed by atoms with E-state index in [1.165, 1.54) is 11.1 Å². The van der Waals surface area contributed by atoms with Crippen molar-refractivity contribution in [2.24, 2.45) is 0 Å². The van der Waals surface area contributed by atoms with Crippen LogP contribution in [0.15, 0.2) is 41.1 Å². The standard InChI is InChI=1S/C19H25NO3S/c1-20(14-17-7-11-24-15-17)13-16-4-2-5-18(12-16)21-10-6-19-22-8-3-9-23-19/h2,4-5,7,11-12,15,19H,3,6,8-10,13-14H2,1H3. The van der Waals surface area contributed by atoms with Gasteiger partial charge in [0.05, 0.1) is 19.8 Å². The van der Waals surface area contributed by atoms with Gasteiger partial charge in [-0.15, -0.1) is 0 Å². The summed E-state index contributed by atoms with van der Waals surface area (Å²) in [4.78, 5) is 2.31. The second kappa shape index (κ2) is 9.18. The molecule has 2 heterocycles. The minimum Gasteiger partial charge on any atom is -0.493 e. The lowest BCUT2D eigenvalue weighted by Crippen LogP contribution is -2.26. The first-order valence-corrected chi connectivity index (χ1v) is 9.38. The molecule has 0 aliphatic carbocycles. The Morgan fingerprint density at radius 3 is 2.79 bits per heavy atom. The average Bonchev–Trinajstić information content (AvgIpc) is 3.09. The fourth-order valence-corrected chi connectivity index (χ4v) is 3.43. The molecule has 0 unspecified atom stereocenters. The quantitative estimate of drug-likeness (QED) is 0.724. The van der Waals surface area contributed by atoms with Crippen molar-refractivity contribution in [1.29, 1.82) is 0 Å². The molecule has 1 aromatic carbocycles. The van der Waals surface area contributed by atoms with Gasteiger partial charge in [-0.05, 0) is 53.6 Å². The third-order valence-electron chi connectivity index (χ3n) is 3.90. The summed E-state index contributed by atoms with van der Waals surface area (Å²) in [5, 5.41) is 4.32. The highest BCUT2D eigenvalue weighted by atomic mass is 32.1. The van der Waals surface area contributed by atoms with E-state index in [4.69, 9.17) is 14.2 Å². The zero-order valence-corrected chi connectivity index (χ0v) is 15.0. The van der Waals surface area contributed by atoms with Gasteiger partial charge >= 0.3 is 0 Å². The molecule has 0 atom stereocenters. The number of ether oxygens (including phenoxy) is 3. The van der Waals surface area contributed by atoms with Gasteiger partial charge in [-0.2, -0.15) is 11.3 Å². The molecule has 1 aromatic heterocycles. The van der Waals surface area contributed by atoms with E-state index >= 15 is 0 Å². The zero-order chi connectivity index (χ0) is 16.6. The highest BCUT2D eigenvalue weighted by Gasteiger charge is 2.13. The predicted octanol–water partition coefficient (Wildman–Crippen LogP) is 3.91. The Bertz CT molecular complexity index is 596. The molecule has 4 nitrogen and oxygen atoms in total. The molecule has 0 bridgehead atoms. The molecular weight excluding hydrogens is 322 g/mol. The highest BCUT2D eigenvalue weighted by molar-refractivity contribution is 7.07. The highest BCUT2D eigenvalue weighted by Crippen LogP contribution is 2.17. The summed E-state index contributed by atoms with van der Waals surface area (Å²) in [5.74, 6) is 0.909. The molecule has 0 N–H and O–H groups in total. The Labute approximate surface area is 148 Å². The first-order valence-electron chi connectivity index (χ1n) is 8.44. The van der Waals surface area contributed by atoms with Crippen LogP contribution in [0.1, 0.15) is 24.0 Å². The molecular formula is C19H25NO3S. The molecule has 24 heavy (non-hydrogen) atoms. The number of hydrogen-bond donors (Lipinski definition) is 0. The van der Waals surface area contributed by atoms with Crippen LogP contribution in [0.4, 0.5) is 0 Å². The van der Waals surface area contributed by atoms with E-state index in [0.717, 1.165) is 44.9 Å². The van der Waals surface area contributed by atoms with Crippen LogP contribution in [0.25, 0.3) is 0 Å². The van der Waals surface area contributed by atoms with Gasteiger partial charge in [0.15, 0.2) is 6.29 Å². The summed E-state index contributed by atoms with van der Waals surface area (Å²) in [6.45, 7) is 4.05. The van der Waals surface area contributed by atoms with Gasteiger partial charge in [0.2, 0.25) is 0 Å². The average molecular weight is 347 g/mol. The Balaban J connectivity index is 1.44. The van der Waals surface area contributed by atoms with E-state index in [0.29, 0.717) is 6.61 Å². The third-order valence-corrected chi connectivity index (χ3v) is 4.63. The van der Waals surface area contributed by atoms with Crippen LogP contribution in [0, 0.1) is 0 Å². The van der Waals surface area contributed by atoms with E-state index in [1.807, 2.05) is 6.07 Å². The van der Waals surface area contributed by atoms with E-state index in [1.54, 1.807) is 11.3 Å². The molecule has 0 spiro atoms. The van der Waals surface area contributed by atoms with Crippen LogP contribution in [-0.4, -0.2) is 38.1 Å². The van der Waals surface area contributed by atoms with E-state index in [9.17, 15) is 0 Å². The Kier molecular flexibility index (Phi) is 6.66. The predicted molar refractivity (Wildman–Crippen MR) is 96.4 cm³/mol. The molecule has 0 saturated carbocycles. The van der Waals surface area contributed by atoms with Crippen LogP contribution in [0.3, 0.4) is 0 Å². The Morgan fingerprint density at radius 1 is 1.17 bits per heavy atom. The second-order valence-corrected chi connectivity index (χ2v) is 6.89. The lowest BCUT2D eigenvalue weighted by molar-refractivity contribution is -0.183. The van der Waals surface area contributed by atoms with Crippen LogP contribution in [-0.2, 0) is 22.6 Å². The maximum absolute atomic E-state index is 5.86. The van der Waals surface area contributed by atoms with E-state index in [2.05, 4.69) is 47.0 Å². The Hall–Kier alpha value is -1.40. The maximum atomic E-state index is 5.86. The molecule has 1 aliphatic heterocycles. The van der Waals surface area contributed by atoms with Crippen molar-refractivity contribution in [3.63, 3.8) is 0 Å². The number of rotatable bonds is 8. The number of nitrogens with zero attached hydrogens (tertiary/aromatic N) is 1. The second-order valence-electron chi connectivity index (χ2n) is 6.11. The maximum Gasteiger partial charge on any atom is 0.160 e. The molecule has 0 radical (unpaired) electrons. The van der Waals surface area contributed by atoms with Crippen molar-refractivity contribution in [2.45, 2.75) is 32.2 Å². The summed E-state index contributed by atoms with van der Waals surface area (Å²) in [7, 11) is 2.14. The van der Waals surface area contributed by atoms with Crippen molar-refractivity contribution in [3.05, 3.63) is 52.2 Å². The van der Waals surface area contributed by atoms with Crippen molar-refractivity contribution in [2.75, 3.05) is 26.9 Å². The molecule has 0 amide bonds. The third kappa shape index (κ3) is 5.60. The van der Waals surface area contributed by atoms with Gasteiger partial charge < -0.3 is 14.2 Å². The molecule has 1 saturated heterocycles. The largest absolute Gasteiger partial charge is 0.493 e. The molecule has 1 fully saturated rings. The number of hydrogen-bond acceptors (Lipinski definition) is 5. The van der Waals surface area contributed by atoms with E-state index in [-0.39, 0.29) is 6.29 Å². The molecule has 1 aliphatic rings. The fraction of sp³-hybridized carbons (Fsp3) is 0.474. The van der Waals surface area contributed by atoms with Gasteiger partial charge in [-0.3, -0.25) is 4.90 Å². The normalized spacial score (nSPS) is 15.8. The topological polar surface area (TPSA) is 30.9 Å². The lowest BCUT2D eigenvalue weighted by atomic mass is 10.2. The van der Waals surface area contributed by atoms with Crippen molar-refractivity contribution in [1.82, 2.24) is 4.90 Å². The van der Waals surface area contributed by atoms with Gasteiger partial charge in [0, 0.05) is 19.5 Å². The van der Waals surface area contributed by atoms with Crippen LogP contribution >= 0.6 is 11.3 Å². The minimum atomic E-state index is -0.112. The summed E-state index contributed by atoms with van der Waals surface area (Å²) in [6.07, 6.45) is 1.64. The lowest BCUT2D eigenvalue weighted by Gasteiger charge is -2.23. The summed E-state index contributed by atoms with van der Waals surface area (Å²) >= 11 is 1.74. The Morgan fingerprint density at radius 2 is 2.00 bits per heavy atom. The van der Waals surface area contributed by atoms with Gasteiger partial charge in [-0.25, -0.2) is 0 Å². The van der Waals surface area contributed by atoms with Crippen LogP contribution < -0.4 is 4.74 Å². The number of thiophene rings is 1. The minimum absolute atomic E-state index is 0.112. The molecule has 3 rings (SSSR count). The van der Waals surface area contributed by atoms with Crippen molar-refractivity contribution in [3.8, 4) is 5.75 Å². The SMILES string of the molecule is CN(Cc1ccsc1)Cc1cccc(OCCC2OCCCO2)c1. The molecule has 5 heteroatoms. The molecule has 2 aromatic rings. The first kappa shape index (κ1) is 17.4. The van der Waals surface area contributed by atoms with Crippen molar-refractivity contribution >= 4 is 11.3 Å². The summed E-state index contributed by atoms with van der Waals surface area (Å²) in [6, 6.07) is 10.5. The smallest absolute Gasteiger partial charge is 0.160 e. The summed E-state index contributed by atoms with van der Waals surface area (Å²) in [5.41, 5.74) is 2.62. The van der Waals surface area contributed by atoms with Gasteiger partial charge in [-0.1, -0.05) is 12.1 Å².